The Kier molecular flexibility index (Phi) is 4.26. The fourth-order valence-corrected chi connectivity index (χ4v) is 3.48. The zero-order valence-corrected chi connectivity index (χ0v) is 13.8. The first-order valence-corrected chi connectivity index (χ1v) is 8.06. The van der Waals surface area contributed by atoms with Gasteiger partial charge < -0.3 is 16.2 Å². The van der Waals surface area contributed by atoms with Gasteiger partial charge in [-0.05, 0) is 50.3 Å². The molecule has 1 spiro atoms. The van der Waals surface area contributed by atoms with Crippen LogP contribution in [0.2, 0.25) is 0 Å². The molecule has 1 aliphatic heterocycles. The molecule has 0 amide bonds. The highest BCUT2D eigenvalue weighted by atomic mass is 19.4. The summed E-state index contributed by atoms with van der Waals surface area (Å²) >= 11 is 0. The smallest absolute Gasteiger partial charge is 0.404 e. The Morgan fingerprint density at radius 1 is 1.16 bits per heavy atom. The van der Waals surface area contributed by atoms with Crippen molar-refractivity contribution in [1.82, 2.24) is 0 Å². The first kappa shape index (κ1) is 17.4. The molecule has 1 aromatic rings. The standard InChI is InChI=1S/C16H20F3N5O/c1-10-5-6-12(25-16(17,18)19)11(9-10)24-14(21)22-13(20)23-15(24)7-3-2-4-8-15/h5-6,9H,2-4,7-8H2,1H3,(H4,20,21,22,23). The van der Waals surface area contributed by atoms with Crippen molar-refractivity contribution in [3.05, 3.63) is 23.8 Å². The monoisotopic (exact) mass is 355 g/mol. The molecule has 1 aliphatic carbocycles. The fourth-order valence-electron chi connectivity index (χ4n) is 3.48. The van der Waals surface area contributed by atoms with Crippen molar-refractivity contribution < 1.29 is 17.9 Å². The van der Waals surface area contributed by atoms with Gasteiger partial charge in [0.1, 0.15) is 5.66 Å². The zero-order chi connectivity index (χ0) is 18.2. The molecule has 136 valence electrons. The molecule has 0 saturated heterocycles. The van der Waals surface area contributed by atoms with Gasteiger partial charge in [-0.15, -0.1) is 13.2 Å². The maximum absolute atomic E-state index is 12.8. The van der Waals surface area contributed by atoms with Crippen molar-refractivity contribution >= 4 is 17.6 Å². The lowest BCUT2D eigenvalue weighted by Crippen LogP contribution is -2.58. The van der Waals surface area contributed by atoms with Gasteiger partial charge in [0.15, 0.2) is 5.75 Å². The zero-order valence-electron chi connectivity index (χ0n) is 13.8. The molecule has 0 aromatic heterocycles. The van der Waals surface area contributed by atoms with Gasteiger partial charge in [0, 0.05) is 0 Å². The highest BCUT2D eigenvalue weighted by molar-refractivity contribution is 6.06. The van der Waals surface area contributed by atoms with Crippen LogP contribution in [0.3, 0.4) is 0 Å². The minimum Gasteiger partial charge on any atom is -0.404 e. The molecular weight excluding hydrogens is 335 g/mol. The molecule has 3 rings (SSSR count). The molecule has 1 saturated carbocycles. The van der Waals surface area contributed by atoms with E-state index < -0.39 is 12.0 Å². The highest BCUT2D eigenvalue weighted by Crippen LogP contribution is 2.43. The normalized spacial score (nSPS) is 20.2. The summed E-state index contributed by atoms with van der Waals surface area (Å²) in [6.07, 6.45) is -0.772. The van der Waals surface area contributed by atoms with Crippen LogP contribution in [-0.4, -0.2) is 23.9 Å². The quantitative estimate of drug-likeness (QED) is 0.853. The van der Waals surface area contributed by atoms with Crippen molar-refractivity contribution in [3.63, 3.8) is 0 Å². The number of aryl methyl sites for hydroxylation is 1. The van der Waals surface area contributed by atoms with Crippen LogP contribution in [-0.2, 0) is 0 Å². The van der Waals surface area contributed by atoms with E-state index in [2.05, 4.69) is 14.7 Å². The van der Waals surface area contributed by atoms with E-state index in [0.29, 0.717) is 12.8 Å². The van der Waals surface area contributed by atoms with Crippen molar-refractivity contribution in [2.75, 3.05) is 4.90 Å². The Bertz CT molecular complexity index is 723. The predicted molar refractivity (Wildman–Crippen MR) is 89.4 cm³/mol. The maximum atomic E-state index is 12.8. The third kappa shape index (κ3) is 3.49. The summed E-state index contributed by atoms with van der Waals surface area (Å²) < 4.78 is 42.7. The number of aliphatic imine (C=N–C) groups is 2. The minimum absolute atomic E-state index is 0.0204. The number of nitrogens with two attached hydrogens (primary N) is 2. The molecule has 0 atom stereocenters. The second-order valence-corrected chi connectivity index (χ2v) is 6.34. The van der Waals surface area contributed by atoms with Crippen LogP contribution < -0.4 is 21.1 Å². The van der Waals surface area contributed by atoms with Gasteiger partial charge >= 0.3 is 6.36 Å². The Hall–Kier alpha value is -2.45. The Morgan fingerprint density at radius 3 is 2.48 bits per heavy atom. The number of hydrogen-bond acceptors (Lipinski definition) is 6. The average molecular weight is 355 g/mol. The summed E-state index contributed by atoms with van der Waals surface area (Å²) in [5, 5.41) is 0. The molecule has 4 N–H and O–H groups in total. The fraction of sp³-hybridized carbons (Fsp3) is 0.500. The van der Waals surface area contributed by atoms with Crippen molar-refractivity contribution in [2.45, 2.75) is 51.1 Å². The predicted octanol–water partition coefficient (Wildman–Crippen LogP) is 3.00. The van der Waals surface area contributed by atoms with E-state index in [0.717, 1.165) is 24.8 Å². The summed E-state index contributed by atoms with van der Waals surface area (Å²) in [6, 6.07) is 4.42. The van der Waals surface area contributed by atoms with E-state index in [-0.39, 0.29) is 23.4 Å². The van der Waals surface area contributed by atoms with Crippen LogP contribution in [0, 0.1) is 6.92 Å². The lowest BCUT2D eigenvalue weighted by Gasteiger charge is -2.46. The topological polar surface area (TPSA) is 89.2 Å². The molecule has 0 radical (unpaired) electrons. The number of rotatable bonds is 2. The molecule has 0 unspecified atom stereocenters. The van der Waals surface area contributed by atoms with E-state index in [1.807, 2.05) is 0 Å². The Labute approximate surface area is 143 Å². The van der Waals surface area contributed by atoms with Gasteiger partial charge in [0.05, 0.1) is 5.69 Å². The van der Waals surface area contributed by atoms with E-state index in [9.17, 15) is 13.2 Å². The number of ether oxygens (including phenoxy) is 1. The number of halogens is 3. The molecule has 1 fully saturated rings. The summed E-state index contributed by atoms with van der Waals surface area (Å²) in [4.78, 5) is 9.97. The third-order valence-corrected chi connectivity index (χ3v) is 4.43. The van der Waals surface area contributed by atoms with E-state index in [4.69, 9.17) is 11.5 Å². The Morgan fingerprint density at radius 2 is 1.84 bits per heavy atom. The molecule has 9 heteroatoms. The van der Waals surface area contributed by atoms with Gasteiger partial charge in [-0.2, -0.15) is 4.99 Å². The average Bonchev–Trinajstić information content (AvgIpc) is 2.48. The summed E-state index contributed by atoms with van der Waals surface area (Å²) in [7, 11) is 0. The highest BCUT2D eigenvalue weighted by Gasteiger charge is 2.44. The number of nitrogens with zero attached hydrogens (tertiary/aromatic N) is 3. The lowest BCUT2D eigenvalue weighted by molar-refractivity contribution is -0.274. The van der Waals surface area contributed by atoms with Crippen LogP contribution in [0.5, 0.6) is 5.75 Å². The molecular formula is C16H20F3N5O. The Balaban J connectivity index is 2.12. The van der Waals surface area contributed by atoms with Crippen LogP contribution >= 0.6 is 0 Å². The molecule has 25 heavy (non-hydrogen) atoms. The number of anilines is 1. The van der Waals surface area contributed by atoms with Gasteiger partial charge in [-0.1, -0.05) is 12.5 Å². The van der Waals surface area contributed by atoms with Crippen molar-refractivity contribution in [2.24, 2.45) is 21.5 Å². The van der Waals surface area contributed by atoms with Crippen LogP contribution in [0.15, 0.2) is 28.2 Å². The van der Waals surface area contributed by atoms with Crippen molar-refractivity contribution in [3.8, 4) is 5.75 Å². The number of guanidine groups is 2. The van der Waals surface area contributed by atoms with Gasteiger partial charge in [-0.3, -0.25) is 4.90 Å². The van der Waals surface area contributed by atoms with E-state index in [1.165, 1.54) is 11.0 Å². The van der Waals surface area contributed by atoms with Crippen LogP contribution in [0.25, 0.3) is 0 Å². The van der Waals surface area contributed by atoms with Gasteiger partial charge in [-0.25, -0.2) is 4.99 Å². The second kappa shape index (κ2) is 6.12. The van der Waals surface area contributed by atoms with Crippen LogP contribution in [0.4, 0.5) is 18.9 Å². The molecule has 1 heterocycles. The largest absolute Gasteiger partial charge is 0.573 e. The summed E-state index contributed by atoms with van der Waals surface area (Å²) in [6.45, 7) is 1.78. The van der Waals surface area contributed by atoms with Gasteiger partial charge in [0.2, 0.25) is 11.9 Å². The summed E-state index contributed by atoms with van der Waals surface area (Å²) in [5.74, 6) is -0.273. The number of benzene rings is 1. The van der Waals surface area contributed by atoms with Crippen molar-refractivity contribution in [1.29, 1.82) is 0 Å². The molecule has 1 aromatic carbocycles. The lowest BCUT2D eigenvalue weighted by atomic mass is 9.87. The van der Waals surface area contributed by atoms with Crippen LogP contribution in [0.1, 0.15) is 37.7 Å². The maximum Gasteiger partial charge on any atom is 0.573 e. The summed E-state index contributed by atoms with van der Waals surface area (Å²) in [5.41, 5.74) is 12.0. The first-order valence-electron chi connectivity index (χ1n) is 8.06. The SMILES string of the molecule is Cc1ccc(OC(F)(F)F)c(N2C(N)=NC(N)=NC23CCCCC3)c1. The first-order chi connectivity index (χ1) is 11.7. The third-order valence-electron chi connectivity index (χ3n) is 4.43. The number of hydrogen-bond donors (Lipinski definition) is 2. The molecule has 6 nitrogen and oxygen atoms in total. The molecule has 0 bridgehead atoms. The minimum atomic E-state index is -4.81. The second-order valence-electron chi connectivity index (χ2n) is 6.34. The van der Waals surface area contributed by atoms with E-state index >= 15 is 0 Å². The van der Waals surface area contributed by atoms with Gasteiger partial charge in [0.25, 0.3) is 0 Å². The molecule has 2 aliphatic rings. The van der Waals surface area contributed by atoms with E-state index in [1.54, 1.807) is 19.1 Å². The number of alkyl halides is 3.